The molecule has 0 aliphatic carbocycles. The van der Waals surface area contributed by atoms with Crippen LogP contribution in [0.5, 0.6) is 0 Å². The summed E-state index contributed by atoms with van der Waals surface area (Å²) >= 11 is 0. The predicted molar refractivity (Wildman–Crippen MR) is 118 cm³/mol. The van der Waals surface area contributed by atoms with E-state index in [9.17, 15) is 14.4 Å². The van der Waals surface area contributed by atoms with Crippen molar-refractivity contribution in [3.63, 3.8) is 0 Å². The van der Waals surface area contributed by atoms with E-state index in [2.05, 4.69) is 15.6 Å². The number of para-hydroxylation sites is 1. The maximum Gasteiger partial charge on any atom is 0.251 e. The van der Waals surface area contributed by atoms with Gasteiger partial charge in [-0.25, -0.2) is 0 Å². The van der Waals surface area contributed by atoms with Crippen LogP contribution < -0.4 is 10.6 Å². The second-order valence-electron chi connectivity index (χ2n) is 7.15. The fourth-order valence-corrected chi connectivity index (χ4v) is 3.16. The van der Waals surface area contributed by atoms with Crippen LogP contribution in [-0.2, 0) is 4.79 Å². The van der Waals surface area contributed by atoms with Crippen molar-refractivity contribution in [3.05, 3.63) is 65.9 Å². The fraction of sp³-hybridized carbons (Fsp3) is 0.250. The summed E-state index contributed by atoms with van der Waals surface area (Å²) in [4.78, 5) is 40.8. The predicted octanol–water partition coefficient (Wildman–Crippen LogP) is 4.67. The number of nitrogens with one attached hydrogen (secondary N) is 2. The van der Waals surface area contributed by atoms with E-state index in [4.69, 9.17) is 0 Å². The molecule has 6 nitrogen and oxygen atoms in total. The van der Waals surface area contributed by atoms with Gasteiger partial charge in [-0.3, -0.25) is 19.4 Å². The molecule has 0 aliphatic rings. The number of nitrogens with zero attached hydrogens (tertiary/aromatic N) is 1. The number of hydrogen-bond acceptors (Lipinski definition) is 5. The molecule has 0 radical (unpaired) electrons. The standard InChI is InChI=1S/C24H25N3O3/c1-3-7-22(29)20-15-26-21-11-10-17(24(30)25-13-12-16(2)28)14-19(21)23(20)27-18-8-5-4-6-9-18/h4-6,8-11,14-15H,3,7,12-13H2,1-2H3,(H,25,30)(H,26,27). The Morgan fingerprint density at radius 2 is 1.77 bits per heavy atom. The van der Waals surface area contributed by atoms with Crippen LogP contribution in [0.15, 0.2) is 54.7 Å². The first-order valence-electron chi connectivity index (χ1n) is 10.0. The Kier molecular flexibility index (Phi) is 6.91. The van der Waals surface area contributed by atoms with Crippen LogP contribution in [0.1, 0.15) is 53.8 Å². The Morgan fingerprint density at radius 1 is 1.00 bits per heavy atom. The van der Waals surface area contributed by atoms with Crippen LogP contribution in [0.3, 0.4) is 0 Å². The van der Waals surface area contributed by atoms with Crippen molar-refractivity contribution in [2.75, 3.05) is 11.9 Å². The number of hydrogen-bond donors (Lipinski definition) is 2. The third-order valence-electron chi connectivity index (χ3n) is 4.71. The average Bonchev–Trinajstić information content (AvgIpc) is 2.74. The van der Waals surface area contributed by atoms with Crippen LogP contribution in [0, 0.1) is 0 Å². The summed E-state index contributed by atoms with van der Waals surface area (Å²) in [6.45, 7) is 3.74. The molecule has 30 heavy (non-hydrogen) atoms. The molecule has 0 saturated carbocycles. The van der Waals surface area contributed by atoms with Gasteiger partial charge < -0.3 is 10.6 Å². The van der Waals surface area contributed by atoms with E-state index in [1.165, 1.54) is 6.92 Å². The number of fused-ring (bicyclic) bond motifs is 1. The minimum atomic E-state index is -0.269. The zero-order valence-electron chi connectivity index (χ0n) is 17.2. The van der Waals surface area contributed by atoms with Gasteiger partial charge in [-0.05, 0) is 43.7 Å². The maximum absolute atomic E-state index is 12.7. The Bertz CT molecular complexity index is 1080. The highest BCUT2D eigenvalue weighted by atomic mass is 16.2. The first-order chi connectivity index (χ1) is 14.5. The van der Waals surface area contributed by atoms with E-state index in [1.807, 2.05) is 37.3 Å². The molecule has 0 unspecified atom stereocenters. The molecule has 0 atom stereocenters. The van der Waals surface area contributed by atoms with Crippen LogP contribution in [0.2, 0.25) is 0 Å². The Hall–Kier alpha value is -3.54. The number of pyridine rings is 1. The zero-order chi connectivity index (χ0) is 21.5. The molecule has 3 aromatic rings. The molecular formula is C24H25N3O3. The number of amides is 1. The Morgan fingerprint density at radius 3 is 2.47 bits per heavy atom. The quantitative estimate of drug-likeness (QED) is 0.507. The van der Waals surface area contributed by atoms with E-state index in [0.29, 0.717) is 34.1 Å². The van der Waals surface area contributed by atoms with Crippen LogP contribution >= 0.6 is 0 Å². The van der Waals surface area contributed by atoms with E-state index < -0.39 is 0 Å². The van der Waals surface area contributed by atoms with Gasteiger partial charge in [0.25, 0.3) is 5.91 Å². The number of benzene rings is 2. The van der Waals surface area contributed by atoms with Crippen molar-refractivity contribution in [3.8, 4) is 0 Å². The molecule has 0 spiro atoms. The lowest BCUT2D eigenvalue weighted by Gasteiger charge is -2.15. The summed E-state index contributed by atoms with van der Waals surface area (Å²) in [5, 5.41) is 6.79. The molecule has 0 fully saturated rings. The van der Waals surface area contributed by atoms with E-state index in [0.717, 1.165) is 12.1 Å². The number of aromatic nitrogens is 1. The maximum atomic E-state index is 12.7. The second-order valence-corrected chi connectivity index (χ2v) is 7.15. The van der Waals surface area contributed by atoms with Gasteiger partial charge in [0.15, 0.2) is 5.78 Å². The summed E-state index contributed by atoms with van der Waals surface area (Å²) in [6, 6.07) is 14.8. The SMILES string of the molecule is CCCC(=O)c1cnc2ccc(C(=O)NCCC(C)=O)cc2c1Nc1ccccc1. The van der Waals surface area contributed by atoms with Crippen molar-refractivity contribution < 1.29 is 14.4 Å². The van der Waals surface area contributed by atoms with Gasteiger partial charge in [0.2, 0.25) is 0 Å². The third-order valence-corrected chi connectivity index (χ3v) is 4.71. The molecule has 6 heteroatoms. The first kappa shape index (κ1) is 21.2. The van der Waals surface area contributed by atoms with Crippen molar-refractivity contribution in [2.24, 2.45) is 0 Å². The molecule has 0 saturated heterocycles. The normalized spacial score (nSPS) is 10.6. The zero-order valence-corrected chi connectivity index (χ0v) is 17.2. The molecule has 1 amide bonds. The van der Waals surface area contributed by atoms with Crippen LogP contribution in [0.25, 0.3) is 10.9 Å². The summed E-state index contributed by atoms with van der Waals surface area (Å²) in [5.41, 5.74) is 3.11. The molecular weight excluding hydrogens is 378 g/mol. The highest BCUT2D eigenvalue weighted by molar-refractivity contribution is 6.10. The summed E-state index contributed by atoms with van der Waals surface area (Å²) in [6.07, 6.45) is 3.04. The molecule has 0 aliphatic heterocycles. The van der Waals surface area contributed by atoms with E-state index in [-0.39, 0.29) is 30.4 Å². The molecule has 0 bridgehead atoms. The summed E-state index contributed by atoms with van der Waals surface area (Å²) < 4.78 is 0. The second kappa shape index (κ2) is 9.78. The lowest BCUT2D eigenvalue weighted by atomic mass is 10.0. The van der Waals surface area contributed by atoms with Gasteiger partial charge >= 0.3 is 0 Å². The molecule has 1 heterocycles. The smallest absolute Gasteiger partial charge is 0.251 e. The van der Waals surface area contributed by atoms with Crippen LogP contribution in [0.4, 0.5) is 11.4 Å². The van der Waals surface area contributed by atoms with Gasteiger partial charge in [0.1, 0.15) is 5.78 Å². The lowest BCUT2D eigenvalue weighted by Crippen LogP contribution is -2.25. The lowest BCUT2D eigenvalue weighted by molar-refractivity contribution is -0.116. The number of rotatable bonds is 9. The number of carbonyl (C=O) groups excluding carboxylic acids is 3. The molecule has 2 N–H and O–H groups in total. The highest BCUT2D eigenvalue weighted by Crippen LogP contribution is 2.31. The van der Waals surface area contributed by atoms with Crippen LogP contribution in [-0.4, -0.2) is 29.0 Å². The third kappa shape index (κ3) is 5.08. The monoisotopic (exact) mass is 403 g/mol. The first-order valence-corrected chi connectivity index (χ1v) is 10.0. The van der Waals surface area contributed by atoms with Gasteiger partial charge in [-0.2, -0.15) is 0 Å². The Balaban J connectivity index is 2.04. The largest absolute Gasteiger partial charge is 0.354 e. The van der Waals surface area contributed by atoms with Crippen molar-refractivity contribution in [1.82, 2.24) is 10.3 Å². The minimum absolute atomic E-state index is 0.00152. The number of anilines is 2. The minimum Gasteiger partial charge on any atom is -0.354 e. The van der Waals surface area contributed by atoms with E-state index in [1.54, 1.807) is 24.4 Å². The van der Waals surface area contributed by atoms with Crippen molar-refractivity contribution in [1.29, 1.82) is 0 Å². The highest BCUT2D eigenvalue weighted by Gasteiger charge is 2.17. The fourth-order valence-electron chi connectivity index (χ4n) is 3.16. The molecule has 1 aromatic heterocycles. The van der Waals surface area contributed by atoms with Crippen molar-refractivity contribution >= 4 is 39.8 Å². The molecule has 154 valence electrons. The number of ketones is 2. The average molecular weight is 403 g/mol. The van der Waals surface area contributed by atoms with E-state index >= 15 is 0 Å². The summed E-state index contributed by atoms with van der Waals surface area (Å²) in [7, 11) is 0. The van der Waals surface area contributed by atoms with Gasteiger partial charge in [-0.1, -0.05) is 25.1 Å². The Labute approximate surface area is 175 Å². The number of carbonyl (C=O) groups is 3. The summed E-state index contributed by atoms with van der Waals surface area (Å²) in [5.74, 6) is -0.248. The number of Topliss-reactive ketones (excluding diaryl/α,β-unsaturated/α-hetero) is 2. The van der Waals surface area contributed by atoms with Crippen molar-refractivity contribution in [2.45, 2.75) is 33.1 Å². The van der Waals surface area contributed by atoms with Gasteiger partial charge in [0.05, 0.1) is 16.8 Å². The molecule has 2 aromatic carbocycles. The van der Waals surface area contributed by atoms with Gasteiger partial charge in [-0.15, -0.1) is 0 Å². The topological polar surface area (TPSA) is 88.2 Å². The molecule has 3 rings (SSSR count). The van der Waals surface area contributed by atoms with Gasteiger partial charge in [0, 0.05) is 42.2 Å².